The maximum Gasteiger partial charge on any atom is 0.336 e. The van der Waals surface area contributed by atoms with E-state index >= 15 is 0 Å². The van der Waals surface area contributed by atoms with Crippen molar-refractivity contribution < 1.29 is 39.2 Å². The standard InChI is InChI=1S/C45H48N14O9/c1-26(60)17-29-22-58(52-50-29)24-39(64)54-9-13-56(14-10-54)44-47-43(48-45(49-44)57-15-11-55(12-16-57)40(65)25-59-23-30(51-53-59)18-27(2)61)46-28-3-6-33(36(19-28)42(66)67)41-34-7-4-31(62)20-37(34)68-38-21-32(63)5-8-35(38)41/h3-8,19-23,26-27,60-62H,9-18,24-25H2,1-2H3,(H,66,67)(H,46,47,48,49). The smallest absolute Gasteiger partial charge is 0.336 e. The van der Waals surface area contributed by atoms with Gasteiger partial charge in [-0.25, -0.2) is 14.2 Å². The van der Waals surface area contributed by atoms with E-state index in [0.29, 0.717) is 116 Å². The quantitative estimate of drug-likeness (QED) is 0.0969. The van der Waals surface area contributed by atoms with Crippen LogP contribution in [0, 0.1) is 0 Å². The van der Waals surface area contributed by atoms with Gasteiger partial charge in [0.05, 0.1) is 29.2 Å². The minimum absolute atomic E-state index is 0.0119. The number of aliphatic hydroxyl groups is 2. The van der Waals surface area contributed by atoms with Gasteiger partial charge < -0.3 is 49.8 Å². The van der Waals surface area contributed by atoms with Crippen LogP contribution < -0.4 is 20.5 Å². The number of carboxylic acids is 1. The molecule has 0 bridgehead atoms. The fourth-order valence-corrected chi connectivity index (χ4v) is 8.40. The molecule has 3 aromatic heterocycles. The second kappa shape index (κ2) is 19.0. The molecule has 2 unspecified atom stereocenters. The number of phenolic OH excluding ortho intramolecular Hbond substituents is 1. The maximum absolute atomic E-state index is 13.3. The van der Waals surface area contributed by atoms with Gasteiger partial charge in [-0.05, 0) is 55.8 Å². The average molecular weight is 929 g/mol. The molecule has 23 nitrogen and oxygen atoms in total. The molecule has 23 heteroatoms. The highest BCUT2D eigenvalue weighted by atomic mass is 16.4. The Morgan fingerprint density at radius 2 is 1.26 bits per heavy atom. The first-order valence-electron chi connectivity index (χ1n) is 22.0. The number of phenols is 1. The molecule has 5 N–H and O–H groups in total. The monoisotopic (exact) mass is 928 g/mol. The number of nitrogens with zero attached hydrogens (tertiary/aromatic N) is 13. The maximum atomic E-state index is 13.3. The van der Waals surface area contributed by atoms with Crippen LogP contribution in [0.25, 0.3) is 33.4 Å². The van der Waals surface area contributed by atoms with Crippen LogP contribution in [0.1, 0.15) is 35.6 Å². The summed E-state index contributed by atoms with van der Waals surface area (Å²) in [5.41, 5.74) is 2.74. The zero-order valence-electron chi connectivity index (χ0n) is 37.1. The molecule has 6 heterocycles. The molecule has 2 atom stereocenters. The third kappa shape index (κ3) is 10.0. The molecule has 9 rings (SSSR count). The first kappa shape index (κ1) is 45.1. The van der Waals surface area contributed by atoms with E-state index in [9.17, 15) is 39.6 Å². The van der Waals surface area contributed by atoms with Gasteiger partial charge in [0, 0.05) is 112 Å². The number of amides is 2. The van der Waals surface area contributed by atoms with Gasteiger partial charge in [-0.2, -0.15) is 15.0 Å². The number of nitrogens with one attached hydrogen (secondary N) is 1. The highest BCUT2D eigenvalue weighted by molar-refractivity contribution is 6.08. The van der Waals surface area contributed by atoms with E-state index in [1.807, 2.05) is 9.80 Å². The largest absolute Gasteiger partial charge is 0.508 e. The fourth-order valence-electron chi connectivity index (χ4n) is 8.40. The van der Waals surface area contributed by atoms with Gasteiger partial charge in [0.15, 0.2) is 5.43 Å². The Balaban J connectivity index is 0.975. The van der Waals surface area contributed by atoms with Crippen molar-refractivity contribution >= 4 is 52.3 Å². The van der Waals surface area contributed by atoms with Gasteiger partial charge in [0.2, 0.25) is 29.7 Å². The molecule has 68 heavy (non-hydrogen) atoms. The summed E-state index contributed by atoms with van der Waals surface area (Å²) in [6, 6.07) is 13.6. The lowest BCUT2D eigenvalue weighted by Gasteiger charge is -2.36. The van der Waals surface area contributed by atoms with E-state index in [4.69, 9.17) is 19.4 Å². The SMILES string of the molecule is CC(O)Cc1cn(CC(=O)N2CCN(c3nc(Nc4ccc(-c5c6ccc(=O)cc-6oc6cc(O)ccc56)c(C(=O)O)c4)nc(N4CCN(C(=O)Cn5cc(CC(C)O)nn5)CC4)n3)CC2)nn1. The lowest BCUT2D eigenvalue weighted by molar-refractivity contribution is -0.133. The molecule has 0 radical (unpaired) electrons. The van der Waals surface area contributed by atoms with Crippen LogP contribution in [0.5, 0.6) is 5.75 Å². The van der Waals surface area contributed by atoms with E-state index in [2.05, 4.69) is 25.9 Å². The highest BCUT2D eigenvalue weighted by Crippen LogP contribution is 2.42. The summed E-state index contributed by atoms with van der Waals surface area (Å²) in [6.45, 7) is 6.28. The summed E-state index contributed by atoms with van der Waals surface area (Å²) in [4.78, 5) is 73.8. The van der Waals surface area contributed by atoms with Crippen molar-refractivity contribution in [3.8, 4) is 28.2 Å². The summed E-state index contributed by atoms with van der Waals surface area (Å²) >= 11 is 0. The minimum Gasteiger partial charge on any atom is -0.508 e. The van der Waals surface area contributed by atoms with Crippen LogP contribution in [0.15, 0.2) is 76.2 Å². The molecule has 5 aromatic rings. The zero-order valence-corrected chi connectivity index (χ0v) is 37.1. The predicted octanol–water partition coefficient (Wildman–Crippen LogP) is 1.62. The van der Waals surface area contributed by atoms with Crippen LogP contribution in [-0.4, -0.2) is 158 Å². The molecule has 4 aliphatic rings. The number of carboxylic acid groups (broad SMARTS) is 1. The molecule has 2 aromatic carbocycles. The molecule has 0 spiro atoms. The first-order valence-corrected chi connectivity index (χ1v) is 22.0. The number of aromatic carboxylic acids is 1. The van der Waals surface area contributed by atoms with Gasteiger partial charge >= 0.3 is 5.97 Å². The molecule has 2 amide bonds. The molecule has 352 valence electrons. The van der Waals surface area contributed by atoms with Crippen molar-refractivity contribution in [2.75, 3.05) is 67.5 Å². The van der Waals surface area contributed by atoms with E-state index in [1.165, 1.54) is 39.7 Å². The summed E-state index contributed by atoms with van der Waals surface area (Å²) in [6.07, 6.45) is 2.77. The number of benzene rings is 3. The summed E-state index contributed by atoms with van der Waals surface area (Å²) in [5.74, 6) is -0.599. The van der Waals surface area contributed by atoms with Crippen molar-refractivity contribution in [3.63, 3.8) is 0 Å². The average Bonchev–Trinajstić information content (AvgIpc) is 3.95. The molecule has 2 fully saturated rings. The topological polar surface area (TPSA) is 287 Å². The highest BCUT2D eigenvalue weighted by Gasteiger charge is 2.29. The van der Waals surface area contributed by atoms with Gasteiger partial charge in [-0.1, -0.05) is 16.5 Å². The summed E-state index contributed by atoms with van der Waals surface area (Å²) in [7, 11) is 0. The van der Waals surface area contributed by atoms with Gasteiger partial charge in [0.25, 0.3) is 0 Å². The number of carbonyl (C=O) groups excluding carboxylic acids is 2. The third-order valence-electron chi connectivity index (χ3n) is 11.7. The van der Waals surface area contributed by atoms with Crippen LogP contribution in [0.2, 0.25) is 0 Å². The van der Waals surface area contributed by atoms with Crippen molar-refractivity contribution in [2.45, 2.75) is 52.0 Å². The number of aliphatic hydroxyl groups excluding tert-OH is 2. The van der Waals surface area contributed by atoms with Gasteiger partial charge in [-0.3, -0.25) is 14.4 Å². The molecular weight excluding hydrogens is 881 g/mol. The van der Waals surface area contributed by atoms with E-state index in [1.54, 1.807) is 60.3 Å². The van der Waals surface area contributed by atoms with E-state index in [0.717, 1.165) is 0 Å². The second-order valence-electron chi connectivity index (χ2n) is 16.9. The Labute approximate surface area is 387 Å². The number of fused-ring (bicyclic) bond motifs is 2. The zero-order chi connectivity index (χ0) is 47.6. The first-order chi connectivity index (χ1) is 32.7. The van der Waals surface area contributed by atoms with Gasteiger partial charge in [0.1, 0.15) is 30.2 Å². The number of piperazine rings is 2. The Kier molecular flexibility index (Phi) is 12.6. The lowest BCUT2D eigenvalue weighted by Crippen LogP contribution is -2.51. The van der Waals surface area contributed by atoms with Crippen molar-refractivity contribution in [3.05, 3.63) is 94.2 Å². The van der Waals surface area contributed by atoms with Crippen LogP contribution in [0.3, 0.4) is 0 Å². The lowest BCUT2D eigenvalue weighted by atomic mass is 9.90. The molecule has 1 aliphatic carbocycles. The number of rotatable bonds is 14. The number of anilines is 4. The Bertz CT molecular complexity index is 2920. The number of hydrogen-bond donors (Lipinski definition) is 5. The van der Waals surface area contributed by atoms with Crippen LogP contribution in [0.4, 0.5) is 23.5 Å². The Hall–Kier alpha value is -8.05. The molecular formula is C45H48N14O9. The van der Waals surface area contributed by atoms with Crippen LogP contribution in [-0.2, 0) is 35.5 Å². The fraction of sp³-hybridized carbons (Fsp3) is 0.356. The molecule has 2 saturated heterocycles. The van der Waals surface area contributed by atoms with Gasteiger partial charge in [-0.15, -0.1) is 10.2 Å². The third-order valence-corrected chi connectivity index (χ3v) is 11.7. The van der Waals surface area contributed by atoms with Crippen molar-refractivity contribution in [1.29, 1.82) is 0 Å². The number of aromatic hydroxyl groups is 1. The summed E-state index contributed by atoms with van der Waals surface area (Å²) in [5, 5.41) is 60.2. The number of aromatic nitrogens is 9. The number of carbonyl (C=O) groups is 3. The molecule has 3 aliphatic heterocycles. The normalized spacial score (nSPS) is 15.2. The van der Waals surface area contributed by atoms with Crippen molar-refractivity contribution in [1.82, 2.24) is 54.7 Å². The van der Waals surface area contributed by atoms with E-state index < -0.39 is 18.2 Å². The Morgan fingerprint density at radius 3 is 1.81 bits per heavy atom. The minimum atomic E-state index is -1.23. The molecule has 0 saturated carbocycles. The Morgan fingerprint density at radius 1 is 0.706 bits per heavy atom. The predicted molar refractivity (Wildman–Crippen MR) is 245 cm³/mol. The summed E-state index contributed by atoms with van der Waals surface area (Å²) < 4.78 is 8.90. The van der Waals surface area contributed by atoms with Crippen LogP contribution >= 0.6 is 0 Å². The van der Waals surface area contributed by atoms with E-state index in [-0.39, 0.29) is 58.9 Å². The van der Waals surface area contributed by atoms with Crippen molar-refractivity contribution in [2.24, 2.45) is 0 Å². The number of hydrogen-bond acceptors (Lipinski definition) is 18. The second-order valence-corrected chi connectivity index (χ2v) is 16.9.